The molecule has 0 saturated heterocycles. The van der Waals surface area contributed by atoms with Gasteiger partial charge >= 0.3 is 0 Å². The molecule has 2 aliphatic rings. The van der Waals surface area contributed by atoms with Gasteiger partial charge in [-0.1, -0.05) is 61.2 Å². The number of nitrogens with zero attached hydrogens (tertiary/aromatic N) is 2. The van der Waals surface area contributed by atoms with Gasteiger partial charge in [-0.2, -0.15) is 0 Å². The molecule has 1 heterocycles. The van der Waals surface area contributed by atoms with Gasteiger partial charge in [-0.3, -0.25) is 14.4 Å². The Balaban J connectivity index is 1.43. The standard InChI is InChI=1S/C28H35N3O5S/c1-20-10-8-11-22(18-20)19-30(21(2)27(33)29-23-12-4-3-5-13-23)26(32)16-9-17-31-28(34)24-14-6-7-15-25(24)37(31,35)36/h6-8,10-11,14-15,18,21,23H,3-5,9,12-13,16-17,19H2,1-2H3,(H,29,33)/t21-/m0/s1. The molecule has 4 rings (SSSR count). The lowest BCUT2D eigenvalue weighted by Crippen LogP contribution is -2.50. The molecule has 2 aromatic carbocycles. The average molecular weight is 526 g/mol. The molecule has 1 aliphatic carbocycles. The van der Waals surface area contributed by atoms with Crippen molar-refractivity contribution in [2.24, 2.45) is 0 Å². The van der Waals surface area contributed by atoms with Crippen molar-refractivity contribution < 1.29 is 22.8 Å². The number of hydrogen-bond donors (Lipinski definition) is 1. The van der Waals surface area contributed by atoms with E-state index in [1.54, 1.807) is 24.0 Å². The third-order valence-corrected chi connectivity index (χ3v) is 9.06. The quantitative estimate of drug-likeness (QED) is 0.537. The molecule has 2 aromatic rings. The maximum atomic E-state index is 13.4. The maximum absolute atomic E-state index is 13.4. The average Bonchev–Trinajstić information content (AvgIpc) is 3.08. The van der Waals surface area contributed by atoms with Gasteiger partial charge in [0.05, 0.1) is 5.56 Å². The van der Waals surface area contributed by atoms with Gasteiger partial charge < -0.3 is 10.2 Å². The van der Waals surface area contributed by atoms with Gasteiger partial charge in [0.25, 0.3) is 15.9 Å². The molecule has 0 unspecified atom stereocenters. The van der Waals surface area contributed by atoms with Gasteiger partial charge in [0.2, 0.25) is 11.8 Å². The Bertz CT molecular complexity index is 1270. The number of rotatable bonds is 9. The van der Waals surface area contributed by atoms with E-state index in [1.165, 1.54) is 18.6 Å². The van der Waals surface area contributed by atoms with Crippen LogP contribution < -0.4 is 5.32 Å². The molecule has 198 valence electrons. The Hall–Kier alpha value is -3.20. The maximum Gasteiger partial charge on any atom is 0.269 e. The van der Waals surface area contributed by atoms with E-state index in [0.29, 0.717) is 0 Å². The predicted octanol–water partition coefficient (Wildman–Crippen LogP) is 3.79. The number of carbonyl (C=O) groups is 3. The van der Waals surface area contributed by atoms with Crippen molar-refractivity contribution in [3.63, 3.8) is 0 Å². The molecule has 1 atom stereocenters. The lowest BCUT2D eigenvalue weighted by Gasteiger charge is -2.31. The lowest BCUT2D eigenvalue weighted by molar-refractivity contribution is -0.141. The summed E-state index contributed by atoms with van der Waals surface area (Å²) in [4.78, 5) is 40.8. The van der Waals surface area contributed by atoms with Gasteiger partial charge in [-0.05, 0) is 50.8 Å². The molecule has 9 heteroatoms. The summed E-state index contributed by atoms with van der Waals surface area (Å²) in [5.74, 6) is -1.00. The Morgan fingerprint density at radius 2 is 1.81 bits per heavy atom. The van der Waals surface area contributed by atoms with Crippen LogP contribution in [0.5, 0.6) is 0 Å². The first-order valence-corrected chi connectivity index (χ1v) is 14.4. The highest BCUT2D eigenvalue weighted by molar-refractivity contribution is 7.90. The second kappa shape index (κ2) is 11.5. The summed E-state index contributed by atoms with van der Waals surface area (Å²) in [6.07, 6.45) is 5.44. The van der Waals surface area contributed by atoms with E-state index in [1.807, 2.05) is 31.2 Å². The number of hydrogen-bond acceptors (Lipinski definition) is 5. The molecule has 0 radical (unpaired) electrons. The summed E-state index contributed by atoms with van der Waals surface area (Å²) in [7, 11) is -3.92. The number of sulfonamides is 1. The Labute approximate surface area is 219 Å². The highest BCUT2D eigenvalue weighted by Gasteiger charge is 2.40. The Morgan fingerprint density at radius 3 is 2.51 bits per heavy atom. The first kappa shape index (κ1) is 26.9. The zero-order valence-corrected chi connectivity index (χ0v) is 22.3. The van der Waals surface area contributed by atoms with Crippen molar-refractivity contribution in [2.45, 2.75) is 82.3 Å². The minimum absolute atomic E-state index is 0.000376. The zero-order chi connectivity index (χ0) is 26.6. The van der Waals surface area contributed by atoms with Gasteiger partial charge in [0, 0.05) is 25.6 Å². The van der Waals surface area contributed by atoms with Crippen molar-refractivity contribution in [3.8, 4) is 0 Å². The van der Waals surface area contributed by atoms with E-state index in [-0.39, 0.29) is 54.2 Å². The fourth-order valence-corrected chi connectivity index (χ4v) is 6.74. The van der Waals surface area contributed by atoms with Crippen LogP contribution in [0, 0.1) is 6.92 Å². The summed E-state index contributed by atoms with van der Waals surface area (Å²) in [6, 6.07) is 13.4. The van der Waals surface area contributed by atoms with E-state index in [0.717, 1.165) is 41.1 Å². The van der Waals surface area contributed by atoms with Crippen molar-refractivity contribution in [2.75, 3.05) is 6.54 Å². The summed E-state index contributed by atoms with van der Waals surface area (Å²) < 4.78 is 26.5. The molecule has 1 saturated carbocycles. The fourth-order valence-electron chi connectivity index (χ4n) is 5.13. The molecule has 0 bridgehead atoms. The first-order valence-electron chi connectivity index (χ1n) is 13.0. The second-order valence-corrected chi connectivity index (χ2v) is 11.8. The van der Waals surface area contributed by atoms with E-state index < -0.39 is 22.0 Å². The van der Waals surface area contributed by atoms with Gasteiger partial charge in [0.15, 0.2) is 0 Å². The minimum atomic E-state index is -3.92. The van der Waals surface area contributed by atoms with E-state index in [9.17, 15) is 22.8 Å². The number of carbonyl (C=O) groups excluding carboxylic acids is 3. The summed E-state index contributed by atoms with van der Waals surface area (Å²) in [6.45, 7) is 3.88. The highest BCUT2D eigenvalue weighted by atomic mass is 32.2. The van der Waals surface area contributed by atoms with Crippen LogP contribution in [0.1, 0.15) is 73.4 Å². The molecular formula is C28H35N3O5S. The monoisotopic (exact) mass is 525 g/mol. The molecule has 8 nitrogen and oxygen atoms in total. The predicted molar refractivity (Wildman–Crippen MR) is 140 cm³/mol. The van der Waals surface area contributed by atoms with Crippen LogP contribution in [0.2, 0.25) is 0 Å². The fraction of sp³-hybridized carbons (Fsp3) is 0.464. The molecule has 1 aliphatic heterocycles. The Kier molecular flexibility index (Phi) is 8.32. The van der Waals surface area contributed by atoms with Crippen LogP contribution in [0.4, 0.5) is 0 Å². The van der Waals surface area contributed by atoms with Crippen molar-refractivity contribution in [1.29, 1.82) is 0 Å². The van der Waals surface area contributed by atoms with Crippen LogP contribution >= 0.6 is 0 Å². The van der Waals surface area contributed by atoms with Crippen LogP contribution in [-0.2, 0) is 26.2 Å². The molecule has 1 N–H and O–H groups in total. The van der Waals surface area contributed by atoms with Crippen molar-refractivity contribution >= 4 is 27.7 Å². The van der Waals surface area contributed by atoms with Crippen molar-refractivity contribution in [1.82, 2.24) is 14.5 Å². The zero-order valence-electron chi connectivity index (χ0n) is 21.5. The number of benzene rings is 2. The van der Waals surface area contributed by atoms with E-state index in [4.69, 9.17) is 0 Å². The summed E-state index contributed by atoms with van der Waals surface area (Å²) >= 11 is 0. The van der Waals surface area contributed by atoms with Gasteiger partial charge in [-0.25, -0.2) is 12.7 Å². The minimum Gasteiger partial charge on any atom is -0.352 e. The third kappa shape index (κ3) is 6.04. The molecular weight excluding hydrogens is 490 g/mol. The van der Waals surface area contributed by atoms with Crippen LogP contribution in [-0.4, -0.2) is 54.0 Å². The van der Waals surface area contributed by atoms with Gasteiger partial charge in [0.1, 0.15) is 10.9 Å². The molecule has 0 aromatic heterocycles. The number of nitrogens with one attached hydrogen (secondary N) is 1. The third-order valence-electron chi connectivity index (χ3n) is 7.22. The molecule has 3 amide bonds. The second-order valence-electron chi connectivity index (χ2n) is 10.0. The van der Waals surface area contributed by atoms with Crippen LogP contribution in [0.3, 0.4) is 0 Å². The normalized spacial score (nSPS) is 17.8. The molecule has 37 heavy (non-hydrogen) atoms. The number of amides is 3. The van der Waals surface area contributed by atoms with Crippen LogP contribution in [0.25, 0.3) is 0 Å². The van der Waals surface area contributed by atoms with E-state index in [2.05, 4.69) is 5.32 Å². The number of fused-ring (bicyclic) bond motifs is 1. The molecule has 0 spiro atoms. The summed E-state index contributed by atoms with van der Waals surface area (Å²) in [5.41, 5.74) is 2.13. The van der Waals surface area contributed by atoms with Crippen molar-refractivity contribution in [3.05, 3.63) is 65.2 Å². The largest absolute Gasteiger partial charge is 0.352 e. The van der Waals surface area contributed by atoms with Crippen LogP contribution in [0.15, 0.2) is 53.4 Å². The van der Waals surface area contributed by atoms with E-state index >= 15 is 0 Å². The topological polar surface area (TPSA) is 104 Å². The Morgan fingerprint density at radius 1 is 1.08 bits per heavy atom. The smallest absolute Gasteiger partial charge is 0.269 e. The lowest BCUT2D eigenvalue weighted by atomic mass is 9.95. The highest BCUT2D eigenvalue weighted by Crippen LogP contribution is 2.30. The number of aryl methyl sites for hydroxylation is 1. The SMILES string of the molecule is Cc1cccc(CN(C(=O)CCCN2C(=O)c3ccccc3S2(=O)=O)[C@@H](C)C(=O)NC2CCCCC2)c1. The first-order chi connectivity index (χ1) is 17.7. The molecule has 1 fully saturated rings. The summed E-state index contributed by atoms with van der Waals surface area (Å²) in [5, 5.41) is 3.11. The van der Waals surface area contributed by atoms with Gasteiger partial charge in [-0.15, -0.1) is 0 Å².